The molecule has 19 heavy (non-hydrogen) atoms. The van der Waals surface area contributed by atoms with Gasteiger partial charge in [0.05, 0.1) is 17.2 Å². The molecule has 0 amide bonds. The maximum atomic E-state index is 11.9. The lowest BCUT2D eigenvalue weighted by Gasteiger charge is -2.18. The third kappa shape index (κ3) is 2.40. The van der Waals surface area contributed by atoms with Crippen LogP contribution in [-0.4, -0.2) is 15.6 Å². The van der Waals surface area contributed by atoms with Gasteiger partial charge in [0.25, 0.3) is 11.2 Å². The molecule has 1 aromatic rings. The Bertz CT molecular complexity index is 540. The van der Waals surface area contributed by atoms with Gasteiger partial charge in [-0.3, -0.25) is 19.5 Å². The minimum atomic E-state index is -0.504. The van der Waals surface area contributed by atoms with Crippen LogP contribution < -0.4 is 5.56 Å². The summed E-state index contributed by atoms with van der Waals surface area (Å²) in [6, 6.07) is 2.44. The number of nitrogens with zero attached hydrogens (tertiary/aromatic N) is 2. The lowest BCUT2D eigenvalue weighted by Crippen LogP contribution is -2.27. The smallest absolute Gasteiger partial charge is 0.285 e. The lowest BCUT2D eigenvalue weighted by molar-refractivity contribution is -0.385. The van der Waals surface area contributed by atoms with Crippen molar-refractivity contribution in [1.29, 1.82) is 0 Å². The Morgan fingerprint density at radius 3 is 2.58 bits per heavy atom. The van der Waals surface area contributed by atoms with Gasteiger partial charge < -0.3 is 4.74 Å². The molecule has 6 nitrogen and oxygen atoms in total. The van der Waals surface area contributed by atoms with Gasteiger partial charge in [0.1, 0.15) is 6.23 Å². The minimum Gasteiger partial charge on any atom is -0.354 e. The first-order chi connectivity index (χ1) is 8.95. The molecule has 0 saturated carbocycles. The van der Waals surface area contributed by atoms with E-state index in [4.69, 9.17) is 4.74 Å². The van der Waals surface area contributed by atoms with Crippen LogP contribution in [0.3, 0.4) is 0 Å². The van der Waals surface area contributed by atoms with E-state index in [0.717, 1.165) is 6.42 Å². The van der Waals surface area contributed by atoms with Gasteiger partial charge in [0.2, 0.25) is 0 Å². The molecule has 1 aliphatic rings. The second kappa shape index (κ2) is 5.13. The number of rotatable bonds is 3. The normalized spacial score (nSPS) is 30.5. The number of hydrogen-bond donors (Lipinski definition) is 0. The SMILES string of the molecule is CC[C@H]1O[C@@H](n2cc([N+](=O)[O-])ccc2=O)C(C)[C@H]1C. The van der Waals surface area contributed by atoms with Crippen LogP contribution in [0.25, 0.3) is 0 Å². The predicted molar refractivity (Wildman–Crippen MR) is 69.9 cm³/mol. The number of ether oxygens (including phenoxy) is 1. The molecule has 0 spiro atoms. The van der Waals surface area contributed by atoms with Crippen LogP contribution in [0.5, 0.6) is 0 Å². The third-order valence-electron chi connectivity index (χ3n) is 3.99. The van der Waals surface area contributed by atoms with Gasteiger partial charge in [-0.2, -0.15) is 0 Å². The molecule has 0 bridgehead atoms. The van der Waals surface area contributed by atoms with Gasteiger partial charge in [-0.15, -0.1) is 0 Å². The third-order valence-corrected chi connectivity index (χ3v) is 3.99. The molecule has 0 N–H and O–H groups in total. The monoisotopic (exact) mass is 266 g/mol. The summed E-state index contributed by atoms with van der Waals surface area (Å²) >= 11 is 0. The van der Waals surface area contributed by atoms with E-state index in [-0.39, 0.29) is 23.3 Å². The summed E-state index contributed by atoms with van der Waals surface area (Å²) < 4.78 is 7.22. The quantitative estimate of drug-likeness (QED) is 0.621. The molecule has 4 atom stereocenters. The first-order valence-electron chi connectivity index (χ1n) is 6.47. The highest BCUT2D eigenvalue weighted by atomic mass is 16.6. The zero-order chi connectivity index (χ0) is 14.2. The molecule has 2 heterocycles. The van der Waals surface area contributed by atoms with Crippen molar-refractivity contribution in [3.8, 4) is 0 Å². The average Bonchev–Trinajstić information content (AvgIpc) is 2.66. The summed E-state index contributed by atoms with van der Waals surface area (Å²) in [5.41, 5.74) is -0.366. The standard InChI is InChI=1S/C13H18N2O4/c1-4-11-8(2)9(3)13(19-11)14-7-10(15(17)18)5-6-12(14)16/h5-9,11,13H,4H2,1-3H3/t8-,9?,11-,13-/m1/s1. The van der Waals surface area contributed by atoms with Crippen LogP contribution in [0, 0.1) is 22.0 Å². The lowest BCUT2D eigenvalue weighted by atomic mass is 9.91. The number of nitro groups is 1. The Kier molecular flexibility index (Phi) is 3.71. The highest BCUT2D eigenvalue weighted by molar-refractivity contribution is 5.25. The predicted octanol–water partition coefficient (Wildman–Crippen LogP) is 2.34. The van der Waals surface area contributed by atoms with E-state index in [9.17, 15) is 14.9 Å². The Labute approximate surface area is 111 Å². The zero-order valence-corrected chi connectivity index (χ0v) is 11.3. The molecule has 1 unspecified atom stereocenters. The first-order valence-corrected chi connectivity index (χ1v) is 6.47. The summed E-state index contributed by atoms with van der Waals surface area (Å²) in [5.74, 6) is 0.464. The summed E-state index contributed by atoms with van der Waals surface area (Å²) in [7, 11) is 0. The first kappa shape index (κ1) is 13.7. The van der Waals surface area contributed by atoms with Crippen molar-refractivity contribution >= 4 is 5.69 Å². The van der Waals surface area contributed by atoms with Crippen molar-refractivity contribution in [2.45, 2.75) is 39.5 Å². The van der Waals surface area contributed by atoms with Crippen molar-refractivity contribution in [3.05, 3.63) is 38.8 Å². The Hall–Kier alpha value is -1.69. The highest BCUT2D eigenvalue weighted by Crippen LogP contribution is 2.39. The van der Waals surface area contributed by atoms with Crippen molar-refractivity contribution in [2.75, 3.05) is 0 Å². The molecule has 6 heteroatoms. The molecule has 1 saturated heterocycles. The fraction of sp³-hybridized carbons (Fsp3) is 0.615. The number of aromatic nitrogens is 1. The molecular formula is C13H18N2O4. The van der Waals surface area contributed by atoms with Gasteiger partial charge in [0.15, 0.2) is 0 Å². The summed E-state index contributed by atoms with van der Waals surface area (Å²) in [4.78, 5) is 22.2. The van der Waals surface area contributed by atoms with Crippen LogP contribution in [-0.2, 0) is 4.74 Å². The van der Waals surface area contributed by atoms with E-state index >= 15 is 0 Å². The van der Waals surface area contributed by atoms with E-state index in [1.807, 2.05) is 13.8 Å². The largest absolute Gasteiger partial charge is 0.354 e. The van der Waals surface area contributed by atoms with Crippen molar-refractivity contribution in [2.24, 2.45) is 11.8 Å². The van der Waals surface area contributed by atoms with E-state index in [1.165, 1.54) is 22.9 Å². The molecule has 104 valence electrons. The molecular weight excluding hydrogens is 248 g/mol. The van der Waals surface area contributed by atoms with Gasteiger partial charge in [-0.1, -0.05) is 20.8 Å². The summed E-state index contributed by atoms with van der Waals surface area (Å²) in [5, 5.41) is 10.8. The Balaban J connectivity index is 2.39. The number of hydrogen-bond acceptors (Lipinski definition) is 4. The molecule has 1 aliphatic heterocycles. The average molecular weight is 266 g/mol. The van der Waals surface area contributed by atoms with Gasteiger partial charge in [-0.05, 0) is 12.3 Å². The Morgan fingerprint density at radius 2 is 2.05 bits per heavy atom. The number of pyridine rings is 1. The second-order valence-corrected chi connectivity index (χ2v) is 5.08. The topological polar surface area (TPSA) is 74.4 Å². The van der Waals surface area contributed by atoms with Crippen molar-refractivity contribution < 1.29 is 9.66 Å². The van der Waals surface area contributed by atoms with E-state index < -0.39 is 11.2 Å². The van der Waals surface area contributed by atoms with Gasteiger partial charge in [0, 0.05) is 18.1 Å². The molecule has 1 fully saturated rings. The maximum absolute atomic E-state index is 11.9. The van der Waals surface area contributed by atoms with Crippen LogP contribution in [0.1, 0.15) is 33.4 Å². The molecule has 0 aromatic carbocycles. The maximum Gasteiger partial charge on any atom is 0.285 e. The van der Waals surface area contributed by atoms with E-state index in [0.29, 0.717) is 5.92 Å². The molecule has 1 aromatic heterocycles. The fourth-order valence-corrected chi connectivity index (χ4v) is 2.61. The van der Waals surface area contributed by atoms with Crippen molar-refractivity contribution in [1.82, 2.24) is 4.57 Å². The van der Waals surface area contributed by atoms with Crippen LogP contribution in [0.15, 0.2) is 23.1 Å². The molecule has 2 rings (SSSR count). The van der Waals surface area contributed by atoms with Crippen LogP contribution in [0.4, 0.5) is 5.69 Å². The summed E-state index contributed by atoms with van der Waals surface area (Å²) in [6.45, 7) is 6.13. The van der Waals surface area contributed by atoms with Gasteiger partial charge >= 0.3 is 0 Å². The highest BCUT2D eigenvalue weighted by Gasteiger charge is 2.39. The fourth-order valence-electron chi connectivity index (χ4n) is 2.61. The zero-order valence-electron chi connectivity index (χ0n) is 11.3. The Morgan fingerprint density at radius 1 is 1.37 bits per heavy atom. The summed E-state index contributed by atoms with van der Waals surface area (Å²) in [6.07, 6.45) is 1.80. The molecule has 0 aliphatic carbocycles. The van der Waals surface area contributed by atoms with E-state index in [2.05, 4.69) is 6.92 Å². The second-order valence-electron chi connectivity index (χ2n) is 5.08. The van der Waals surface area contributed by atoms with Crippen molar-refractivity contribution in [3.63, 3.8) is 0 Å². The van der Waals surface area contributed by atoms with Gasteiger partial charge in [-0.25, -0.2) is 0 Å². The molecule has 0 radical (unpaired) electrons. The minimum absolute atomic E-state index is 0.0890. The van der Waals surface area contributed by atoms with Crippen LogP contribution >= 0.6 is 0 Å². The van der Waals surface area contributed by atoms with E-state index in [1.54, 1.807) is 0 Å². The van der Waals surface area contributed by atoms with Crippen LogP contribution in [0.2, 0.25) is 0 Å².